The number of furan rings is 1. The molecule has 0 amide bonds. The van der Waals surface area contributed by atoms with E-state index in [9.17, 15) is 4.39 Å². The first kappa shape index (κ1) is 12.5. The molecule has 4 aromatic rings. The van der Waals surface area contributed by atoms with E-state index in [1.807, 2.05) is 0 Å². The Morgan fingerprint density at radius 2 is 2.05 bits per heavy atom. The van der Waals surface area contributed by atoms with E-state index in [0.29, 0.717) is 28.6 Å². The van der Waals surface area contributed by atoms with E-state index >= 15 is 0 Å². The van der Waals surface area contributed by atoms with Crippen LogP contribution in [0, 0.1) is 5.95 Å². The Morgan fingerprint density at radius 1 is 1.14 bits per heavy atom. The minimum absolute atomic E-state index is 0.398. The highest BCUT2D eigenvalue weighted by Crippen LogP contribution is 2.25. The highest BCUT2D eigenvalue weighted by Gasteiger charge is 2.12. The summed E-state index contributed by atoms with van der Waals surface area (Å²) in [6.07, 6.45) is 2.96. The number of nitrogen functional groups attached to an aromatic ring is 1. The SMILES string of the molecule is Nc1cc(-c2ccnc(F)c2)cc2nc(-c3ccco3)nn12. The van der Waals surface area contributed by atoms with Crippen molar-refractivity contribution < 1.29 is 8.81 Å². The van der Waals surface area contributed by atoms with Crippen LogP contribution in [0.5, 0.6) is 0 Å². The fourth-order valence-corrected chi connectivity index (χ4v) is 2.27. The third-order valence-electron chi connectivity index (χ3n) is 3.27. The summed E-state index contributed by atoms with van der Waals surface area (Å²) in [5.74, 6) is 0.845. The van der Waals surface area contributed by atoms with Crippen LogP contribution in [0.1, 0.15) is 0 Å². The number of nitrogens with two attached hydrogens (primary N) is 1. The zero-order valence-corrected chi connectivity index (χ0v) is 11.3. The Bertz CT molecular complexity index is 961. The molecule has 0 spiro atoms. The maximum atomic E-state index is 13.3. The van der Waals surface area contributed by atoms with Crippen LogP contribution in [-0.4, -0.2) is 19.6 Å². The topological polar surface area (TPSA) is 82.2 Å². The summed E-state index contributed by atoms with van der Waals surface area (Å²) in [7, 11) is 0. The van der Waals surface area contributed by atoms with Gasteiger partial charge in [0.05, 0.1) is 6.26 Å². The average Bonchev–Trinajstić information content (AvgIpc) is 3.16. The molecule has 0 bridgehead atoms. The lowest BCUT2D eigenvalue weighted by Gasteiger charge is -2.04. The molecule has 4 aromatic heterocycles. The van der Waals surface area contributed by atoms with E-state index in [-0.39, 0.29) is 0 Å². The number of fused-ring (bicyclic) bond motifs is 1. The molecule has 0 fully saturated rings. The summed E-state index contributed by atoms with van der Waals surface area (Å²) in [6, 6.07) is 10.1. The number of nitrogens with zero attached hydrogens (tertiary/aromatic N) is 4. The summed E-state index contributed by atoms with van der Waals surface area (Å²) < 4.78 is 20.1. The predicted molar refractivity (Wildman–Crippen MR) is 78.3 cm³/mol. The number of rotatable bonds is 2. The molecule has 0 saturated heterocycles. The predicted octanol–water partition coefficient (Wildman–Crippen LogP) is 2.77. The molecule has 4 rings (SSSR count). The second kappa shape index (κ2) is 4.66. The van der Waals surface area contributed by atoms with E-state index < -0.39 is 5.95 Å². The van der Waals surface area contributed by atoms with Crippen LogP contribution in [0.3, 0.4) is 0 Å². The number of hydrogen-bond donors (Lipinski definition) is 1. The molecule has 7 heteroatoms. The van der Waals surface area contributed by atoms with E-state index in [1.54, 1.807) is 36.6 Å². The molecule has 0 aliphatic carbocycles. The third-order valence-corrected chi connectivity index (χ3v) is 3.27. The fraction of sp³-hybridized carbons (Fsp3) is 0. The molecule has 0 unspecified atom stereocenters. The van der Waals surface area contributed by atoms with Gasteiger partial charge in [0, 0.05) is 12.3 Å². The van der Waals surface area contributed by atoms with Crippen LogP contribution < -0.4 is 5.73 Å². The van der Waals surface area contributed by atoms with Crippen molar-refractivity contribution in [2.24, 2.45) is 0 Å². The van der Waals surface area contributed by atoms with Crippen LogP contribution in [0.2, 0.25) is 0 Å². The van der Waals surface area contributed by atoms with Crippen molar-refractivity contribution in [3.05, 3.63) is 54.8 Å². The van der Waals surface area contributed by atoms with E-state index in [2.05, 4.69) is 15.1 Å². The molecular formula is C15H10FN5O. The first-order valence-corrected chi connectivity index (χ1v) is 6.53. The molecule has 108 valence electrons. The van der Waals surface area contributed by atoms with Gasteiger partial charge in [-0.3, -0.25) is 0 Å². The number of anilines is 1. The lowest BCUT2D eigenvalue weighted by molar-refractivity contribution is 0.577. The van der Waals surface area contributed by atoms with Crippen molar-refractivity contribution >= 4 is 11.5 Å². The van der Waals surface area contributed by atoms with Gasteiger partial charge in [-0.05, 0) is 41.5 Å². The van der Waals surface area contributed by atoms with Gasteiger partial charge in [0.1, 0.15) is 5.82 Å². The van der Waals surface area contributed by atoms with Crippen molar-refractivity contribution in [2.45, 2.75) is 0 Å². The van der Waals surface area contributed by atoms with Gasteiger partial charge in [0.2, 0.25) is 11.8 Å². The maximum Gasteiger partial charge on any atom is 0.217 e. The van der Waals surface area contributed by atoms with Crippen LogP contribution in [0.4, 0.5) is 10.2 Å². The normalized spacial score (nSPS) is 11.1. The van der Waals surface area contributed by atoms with Crippen molar-refractivity contribution in [3.8, 4) is 22.7 Å². The Balaban J connectivity index is 1.89. The van der Waals surface area contributed by atoms with Crippen LogP contribution >= 0.6 is 0 Å². The Morgan fingerprint density at radius 3 is 2.82 bits per heavy atom. The number of halogens is 1. The largest absolute Gasteiger partial charge is 0.461 e. The van der Waals surface area contributed by atoms with Gasteiger partial charge in [0.25, 0.3) is 0 Å². The second-order valence-corrected chi connectivity index (χ2v) is 4.72. The van der Waals surface area contributed by atoms with Crippen molar-refractivity contribution in [1.29, 1.82) is 0 Å². The number of pyridine rings is 2. The van der Waals surface area contributed by atoms with Crippen molar-refractivity contribution in [3.63, 3.8) is 0 Å². The summed E-state index contributed by atoms with van der Waals surface area (Å²) in [4.78, 5) is 7.94. The summed E-state index contributed by atoms with van der Waals surface area (Å²) in [5.41, 5.74) is 7.98. The number of aromatic nitrogens is 4. The number of hydrogen-bond acceptors (Lipinski definition) is 5. The average molecular weight is 295 g/mol. The van der Waals surface area contributed by atoms with Gasteiger partial charge in [-0.2, -0.15) is 8.91 Å². The Labute approximate surface area is 124 Å². The van der Waals surface area contributed by atoms with Crippen LogP contribution in [-0.2, 0) is 0 Å². The Kier molecular flexibility index (Phi) is 2.65. The minimum Gasteiger partial charge on any atom is -0.461 e. The van der Waals surface area contributed by atoms with Gasteiger partial charge < -0.3 is 10.2 Å². The minimum atomic E-state index is -0.548. The fourth-order valence-electron chi connectivity index (χ4n) is 2.27. The zero-order chi connectivity index (χ0) is 15.1. The summed E-state index contributed by atoms with van der Waals surface area (Å²) in [5, 5.41) is 4.31. The molecule has 0 aliphatic rings. The van der Waals surface area contributed by atoms with Gasteiger partial charge >= 0.3 is 0 Å². The molecule has 0 saturated carbocycles. The lowest BCUT2D eigenvalue weighted by Crippen LogP contribution is -1.99. The van der Waals surface area contributed by atoms with Gasteiger partial charge in [0.15, 0.2) is 11.4 Å². The van der Waals surface area contributed by atoms with Crippen molar-refractivity contribution in [2.75, 3.05) is 5.73 Å². The molecule has 4 heterocycles. The quantitative estimate of drug-likeness (QED) is 0.575. The van der Waals surface area contributed by atoms with Crippen LogP contribution in [0.25, 0.3) is 28.4 Å². The first-order chi connectivity index (χ1) is 10.7. The third kappa shape index (κ3) is 1.99. The molecule has 6 nitrogen and oxygen atoms in total. The lowest BCUT2D eigenvalue weighted by atomic mass is 10.1. The molecular weight excluding hydrogens is 285 g/mol. The standard InChI is InChI=1S/C15H10FN5O/c16-12-6-9(3-4-18-12)10-7-13(17)21-14(8-10)19-15(20-21)11-2-1-5-22-11/h1-8H,17H2. The van der Waals surface area contributed by atoms with E-state index in [4.69, 9.17) is 10.2 Å². The molecule has 0 aromatic carbocycles. The van der Waals surface area contributed by atoms with Gasteiger partial charge in [-0.15, -0.1) is 5.10 Å². The highest BCUT2D eigenvalue weighted by molar-refractivity contribution is 5.71. The highest BCUT2D eigenvalue weighted by atomic mass is 19.1. The molecule has 22 heavy (non-hydrogen) atoms. The summed E-state index contributed by atoms with van der Waals surface area (Å²) in [6.45, 7) is 0. The second-order valence-electron chi connectivity index (χ2n) is 4.72. The molecule has 0 atom stereocenters. The molecule has 0 aliphatic heterocycles. The maximum absolute atomic E-state index is 13.3. The molecule has 2 N–H and O–H groups in total. The smallest absolute Gasteiger partial charge is 0.217 e. The van der Waals surface area contributed by atoms with Gasteiger partial charge in [-0.25, -0.2) is 9.97 Å². The van der Waals surface area contributed by atoms with Crippen molar-refractivity contribution in [1.82, 2.24) is 19.6 Å². The van der Waals surface area contributed by atoms with E-state index in [0.717, 1.165) is 5.56 Å². The summed E-state index contributed by atoms with van der Waals surface area (Å²) >= 11 is 0. The Hall–Kier alpha value is -3.22. The first-order valence-electron chi connectivity index (χ1n) is 6.53. The van der Waals surface area contributed by atoms with Gasteiger partial charge in [-0.1, -0.05) is 0 Å². The zero-order valence-electron chi connectivity index (χ0n) is 11.3. The van der Waals surface area contributed by atoms with Crippen LogP contribution in [0.15, 0.2) is 53.3 Å². The van der Waals surface area contributed by atoms with E-state index in [1.165, 1.54) is 16.8 Å². The monoisotopic (exact) mass is 295 g/mol. The molecule has 0 radical (unpaired) electrons.